The highest BCUT2D eigenvalue weighted by molar-refractivity contribution is 5.90. The fraction of sp³-hybridized carbons (Fsp3) is 0.552. The number of nitrogens with one attached hydrogen (secondary N) is 2. The number of anilines is 1. The van der Waals surface area contributed by atoms with Gasteiger partial charge in [-0.2, -0.15) is 0 Å². The number of hydrogen-bond acceptors (Lipinski definition) is 6. The third-order valence-corrected chi connectivity index (χ3v) is 7.19. The summed E-state index contributed by atoms with van der Waals surface area (Å²) in [5, 5.41) is 15.9. The molecule has 8 nitrogen and oxygen atoms in total. The van der Waals surface area contributed by atoms with Gasteiger partial charge in [0, 0.05) is 32.4 Å². The summed E-state index contributed by atoms with van der Waals surface area (Å²) in [6.07, 6.45) is 5.29. The standard InChI is InChI=1S/C29H41FN4O4/c1-29(2,22-10-12-23(30)13-11-22)28(37)33-25(27(35)36)15-18-34(19-20-38-3)17-5-4-8-24-14-9-21-7-6-16-31-26(21)32-24/h9-14,25H,4-8,15-20H2,1-3H3,(H,31,32)(H,33,37)(H,35,36). The number of rotatable bonds is 15. The third-order valence-electron chi connectivity index (χ3n) is 7.19. The lowest BCUT2D eigenvalue weighted by molar-refractivity contribution is -0.142. The summed E-state index contributed by atoms with van der Waals surface area (Å²) in [4.78, 5) is 31.9. The molecule has 0 fully saturated rings. The van der Waals surface area contributed by atoms with Gasteiger partial charge >= 0.3 is 5.97 Å². The first-order valence-corrected chi connectivity index (χ1v) is 13.4. The van der Waals surface area contributed by atoms with Crippen LogP contribution in [-0.4, -0.2) is 72.8 Å². The molecule has 2 heterocycles. The highest BCUT2D eigenvalue weighted by Gasteiger charge is 2.33. The Hall–Kier alpha value is -3.04. The molecule has 0 spiro atoms. The van der Waals surface area contributed by atoms with E-state index in [-0.39, 0.29) is 12.2 Å². The summed E-state index contributed by atoms with van der Waals surface area (Å²) in [6, 6.07) is 8.95. The molecule has 1 aliphatic rings. The third kappa shape index (κ3) is 8.49. The van der Waals surface area contributed by atoms with Gasteiger partial charge in [0.25, 0.3) is 0 Å². The summed E-state index contributed by atoms with van der Waals surface area (Å²) < 4.78 is 18.6. The van der Waals surface area contributed by atoms with Gasteiger partial charge in [0.15, 0.2) is 0 Å². The van der Waals surface area contributed by atoms with Gasteiger partial charge in [-0.15, -0.1) is 0 Å². The van der Waals surface area contributed by atoms with Gasteiger partial charge in [-0.25, -0.2) is 14.2 Å². The van der Waals surface area contributed by atoms with E-state index in [1.165, 1.54) is 17.7 Å². The lowest BCUT2D eigenvalue weighted by Crippen LogP contribution is -2.49. The van der Waals surface area contributed by atoms with Crippen LogP contribution in [0.1, 0.15) is 56.4 Å². The van der Waals surface area contributed by atoms with Crippen molar-refractivity contribution in [3.05, 3.63) is 59.0 Å². The maximum atomic E-state index is 13.3. The van der Waals surface area contributed by atoms with E-state index in [9.17, 15) is 19.1 Å². The Morgan fingerprint density at radius 2 is 1.92 bits per heavy atom. The largest absolute Gasteiger partial charge is 0.480 e. The molecule has 1 aromatic heterocycles. The molecule has 1 amide bonds. The molecule has 0 saturated heterocycles. The van der Waals surface area contributed by atoms with Crippen molar-refractivity contribution in [1.29, 1.82) is 0 Å². The molecule has 0 radical (unpaired) electrons. The molecule has 3 N–H and O–H groups in total. The predicted octanol–water partition coefficient (Wildman–Crippen LogP) is 3.79. The number of carbonyl (C=O) groups is 2. The summed E-state index contributed by atoms with van der Waals surface area (Å²) in [5.74, 6) is -0.862. The number of carboxylic acid groups (broad SMARTS) is 1. The highest BCUT2D eigenvalue weighted by atomic mass is 19.1. The first-order valence-electron chi connectivity index (χ1n) is 13.4. The number of nitrogens with zero attached hydrogens (tertiary/aromatic N) is 2. The number of aryl methyl sites for hydroxylation is 2. The number of carboxylic acids is 1. The van der Waals surface area contributed by atoms with Crippen molar-refractivity contribution in [2.24, 2.45) is 0 Å². The van der Waals surface area contributed by atoms with Gasteiger partial charge in [-0.05, 0) is 88.2 Å². The van der Waals surface area contributed by atoms with E-state index in [0.29, 0.717) is 25.3 Å². The molecule has 38 heavy (non-hydrogen) atoms. The number of benzene rings is 1. The predicted molar refractivity (Wildman–Crippen MR) is 146 cm³/mol. The van der Waals surface area contributed by atoms with Gasteiger partial charge in [0.2, 0.25) is 5.91 Å². The smallest absolute Gasteiger partial charge is 0.326 e. The van der Waals surface area contributed by atoms with Gasteiger partial charge in [-0.3, -0.25) is 4.79 Å². The topological polar surface area (TPSA) is 104 Å². The first kappa shape index (κ1) is 29.5. The van der Waals surface area contributed by atoms with Crippen LogP contribution in [0.3, 0.4) is 0 Å². The van der Waals surface area contributed by atoms with Gasteiger partial charge < -0.3 is 25.4 Å². The lowest BCUT2D eigenvalue weighted by Gasteiger charge is -2.28. The maximum absolute atomic E-state index is 13.3. The van der Waals surface area contributed by atoms with Crippen LogP contribution < -0.4 is 10.6 Å². The number of halogens is 1. The van der Waals surface area contributed by atoms with Gasteiger partial charge in [0.1, 0.15) is 17.7 Å². The zero-order valence-electron chi connectivity index (χ0n) is 22.8. The second kappa shape index (κ2) is 14.2. The first-order chi connectivity index (χ1) is 18.2. The quantitative estimate of drug-likeness (QED) is 0.302. The van der Waals surface area contributed by atoms with Gasteiger partial charge in [0.05, 0.1) is 12.0 Å². The average Bonchev–Trinajstić information content (AvgIpc) is 2.91. The summed E-state index contributed by atoms with van der Waals surface area (Å²) in [6.45, 7) is 6.91. The Morgan fingerprint density at radius 1 is 1.16 bits per heavy atom. The molecule has 1 atom stereocenters. The molecule has 2 aromatic rings. The molecule has 1 unspecified atom stereocenters. The van der Waals surface area contributed by atoms with Crippen molar-refractivity contribution < 1.29 is 23.8 Å². The van der Waals surface area contributed by atoms with E-state index in [1.54, 1.807) is 33.1 Å². The number of ether oxygens (including phenoxy) is 1. The van der Waals surface area contributed by atoms with Crippen LogP contribution in [0.2, 0.25) is 0 Å². The van der Waals surface area contributed by atoms with Crippen LogP contribution in [0, 0.1) is 5.82 Å². The minimum atomic E-state index is -1.08. The van der Waals surface area contributed by atoms with Crippen LogP contribution >= 0.6 is 0 Å². The number of hydrogen-bond donors (Lipinski definition) is 3. The second-order valence-electron chi connectivity index (χ2n) is 10.4. The van der Waals surface area contributed by atoms with E-state index < -0.39 is 23.3 Å². The summed E-state index contributed by atoms with van der Waals surface area (Å²) in [5.41, 5.74) is 1.98. The second-order valence-corrected chi connectivity index (χ2v) is 10.4. The SMILES string of the molecule is COCCN(CCCCc1ccc2c(n1)NCCC2)CCC(NC(=O)C(C)(C)c1ccc(F)cc1)C(=O)O. The molecule has 0 saturated carbocycles. The Balaban J connectivity index is 1.50. The Morgan fingerprint density at radius 3 is 2.63 bits per heavy atom. The normalized spacial score (nSPS) is 14.0. The Kier molecular flexibility index (Phi) is 11.0. The highest BCUT2D eigenvalue weighted by Crippen LogP contribution is 2.24. The molecule has 0 aliphatic carbocycles. The monoisotopic (exact) mass is 528 g/mol. The zero-order chi connectivity index (χ0) is 27.5. The number of amides is 1. The molecule has 208 valence electrons. The van der Waals surface area contributed by atoms with E-state index in [1.807, 2.05) is 0 Å². The van der Waals surface area contributed by atoms with Crippen LogP contribution in [0.5, 0.6) is 0 Å². The molecule has 1 aromatic carbocycles. The van der Waals surface area contributed by atoms with Crippen molar-refractivity contribution in [3.63, 3.8) is 0 Å². The van der Waals surface area contributed by atoms with E-state index in [0.717, 1.165) is 56.7 Å². The molecule has 3 rings (SSSR count). The lowest BCUT2D eigenvalue weighted by atomic mass is 9.83. The number of pyridine rings is 1. The van der Waals surface area contributed by atoms with Crippen molar-refractivity contribution in [2.75, 3.05) is 45.2 Å². The van der Waals surface area contributed by atoms with E-state index in [4.69, 9.17) is 9.72 Å². The van der Waals surface area contributed by atoms with Crippen LogP contribution in [-0.2, 0) is 32.6 Å². The van der Waals surface area contributed by atoms with Crippen LogP contribution in [0.25, 0.3) is 0 Å². The van der Waals surface area contributed by atoms with Crippen molar-refractivity contribution in [2.45, 2.75) is 63.8 Å². The molecule has 9 heteroatoms. The molecule has 1 aliphatic heterocycles. The molecular formula is C29H41FN4O4. The number of carbonyl (C=O) groups excluding carboxylic acids is 1. The average molecular weight is 529 g/mol. The summed E-state index contributed by atoms with van der Waals surface area (Å²) >= 11 is 0. The fourth-order valence-corrected chi connectivity index (χ4v) is 4.61. The number of fused-ring (bicyclic) bond motifs is 1. The Labute approximate surface area is 225 Å². The van der Waals surface area contributed by atoms with Crippen LogP contribution in [0.15, 0.2) is 36.4 Å². The number of aliphatic carboxylic acids is 1. The maximum Gasteiger partial charge on any atom is 0.326 e. The zero-order valence-corrected chi connectivity index (χ0v) is 22.8. The van der Waals surface area contributed by atoms with E-state index >= 15 is 0 Å². The summed E-state index contributed by atoms with van der Waals surface area (Å²) in [7, 11) is 1.64. The minimum Gasteiger partial charge on any atom is -0.480 e. The van der Waals surface area contributed by atoms with Crippen LogP contribution in [0.4, 0.5) is 10.2 Å². The van der Waals surface area contributed by atoms with Crippen molar-refractivity contribution >= 4 is 17.7 Å². The van der Waals surface area contributed by atoms with Crippen molar-refractivity contribution in [1.82, 2.24) is 15.2 Å². The molecular weight excluding hydrogens is 487 g/mol. The van der Waals surface area contributed by atoms with E-state index in [2.05, 4.69) is 27.7 Å². The minimum absolute atomic E-state index is 0.266. The number of methoxy groups -OCH3 is 1. The fourth-order valence-electron chi connectivity index (χ4n) is 4.61. The number of unbranched alkanes of at least 4 members (excludes halogenated alkanes) is 1. The van der Waals surface area contributed by atoms with Crippen molar-refractivity contribution in [3.8, 4) is 0 Å². The van der Waals surface area contributed by atoms with Gasteiger partial charge in [-0.1, -0.05) is 18.2 Å². The molecule has 0 bridgehead atoms. The Bertz CT molecular complexity index is 1060. The number of aromatic nitrogens is 1.